The van der Waals surface area contributed by atoms with Crippen LogP contribution in [-0.4, -0.2) is 19.0 Å². The molecule has 0 aromatic heterocycles. The summed E-state index contributed by atoms with van der Waals surface area (Å²) < 4.78 is 0. The lowest BCUT2D eigenvalue weighted by Gasteiger charge is -2.21. The van der Waals surface area contributed by atoms with Crippen molar-refractivity contribution >= 4 is 17.5 Å². The Labute approximate surface area is 125 Å². The number of hydrogen-bond acceptors (Lipinski definition) is 2. The molecule has 2 aliphatic rings. The van der Waals surface area contributed by atoms with Gasteiger partial charge in [0.05, 0.1) is 12.0 Å². The highest BCUT2D eigenvalue weighted by Crippen LogP contribution is 2.47. The van der Waals surface area contributed by atoms with Crippen LogP contribution in [0.2, 0.25) is 5.02 Å². The van der Waals surface area contributed by atoms with Crippen LogP contribution in [0.25, 0.3) is 0 Å². The maximum atomic E-state index is 12.4. The molecule has 1 saturated heterocycles. The van der Waals surface area contributed by atoms with Crippen molar-refractivity contribution in [2.45, 2.75) is 25.8 Å². The first-order valence-corrected chi connectivity index (χ1v) is 7.79. The molecule has 1 aliphatic carbocycles. The molecule has 1 aromatic rings. The lowest BCUT2D eigenvalue weighted by atomic mass is 9.99. The summed E-state index contributed by atoms with van der Waals surface area (Å²) in [6.07, 6.45) is 2.13. The van der Waals surface area contributed by atoms with E-state index >= 15 is 0 Å². The molecule has 3 rings (SSSR count). The van der Waals surface area contributed by atoms with Crippen molar-refractivity contribution in [3.8, 4) is 0 Å². The molecule has 3 nitrogen and oxygen atoms in total. The Morgan fingerprint density at radius 1 is 1.40 bits per heavy atom. The van der Waals surface area contributed by atoms with E-state index < -0.39 is 0 Å². The first-order valence-electron chi connectivity index (χ1n) is 7.41. The molecule has 0 bridgehead atoms. The molecule has 108 valence electrons. The third-order valence-corrected chi connectivity index (χ3v) is 4.81. The number of halogens is 1. The van der Waals surface area contributed by atoms with Gasteiger partial charge in [0.15, 0.2) is 0 Å². The molecule has 1 aromatic carbocycles. The third-order valence-electron chi connectivity index (χ3n) is 4.56. The molecule has 1 amide bonds. The Morgan fingerprint density at radius 3 is 2.65 bits per heavy atom. The number of nitrogens with one attached hydrogen (secondary N) is 2. The highest BCUT2D eigenvalue weighted by Gasteiger charge is 2.41. The molecule has 0 radical (unpaired) electrons. The molecule has 2 N–H and O–H groups in total. The standard InChI is InChI=1S/C16H21ClN2O/c1-10-8-14(10)15(11-2-4-13(17)5-3-11)19-16(20)12-6-7-18-9-12/h2-5,10,12,14-15,18H,6-9H2,1H3,(H,19,20)/t10-,12+,14+,15+/m1/s1. The zero-order valence-electron chi connectivity index (χ0n) is 11.7. The summed E-state index contributed by atoms with van der Waals surface area (Å²) in [7, 11) is 0. The van der Waals surface area contributed by atoms with Crippen LogP contribution in [0.15, 0.2) is 24.3 Å². The van der Waals surface area contributed by atoms with Gasteiger partial charge in [-0.15, -0.1) is 0 Å². The van der Waals surface area contributed by atoms with Gasteiger partial charge in [0.25, 0.3) is 0 Å². The third kappa shape index (κ3) is 2.99. The van der Waals surface area contributed by atoms with E-state index in [0.717, 1.165) is 24.5 Å². The van der Waals surface area contributed by atoms with Crippen LogP contribution in [0, 0.1) is 17.8 Å². The second-order valence-corrected chi connectivity index (χ2v) is 6.54. The van der Waals surface area contributed by atoms with Gasteiger partial charge in [-0.25, -0.2) is 0 Å². The Balaban J connectivity index is 1.73. The van der Waals surface area contributed by atoms with Gasteiger partial charge in [-0.2, -0.15) is 0 Å². The van der Waals surface area contributed by atoms with Crippen molar-refractivity contribution in [3.05, 3.63) is 34.9 Å². The van der Waals surface area contributed by atoms with Crippen LogP contribution >= 0.6 is 11.6 Å². The molecular weight excluding hydrogens is 272 g/mol. The van der Waals surface area contributed by atoms with Crippen molar-refractivity contribution in [2.75, 3.05) is 13.1 Å². The second kappa shape index (κ2) is 5.74. The van der Waals surface area contributed by atoms with E-state index in [1.54, 1.807) is 0 Å². The van der Waals surface area contributed by atoms with Crippen LogP contribution in [-0.2, 0) is 4.79 Å². The number of amides is 1. The van der Waals surface area contributed by atoms with E-state index in [2.05, 4.69) is 17.6 Å². The van der Waals surface area contributed by atoms with E-state index in [-0.39, 0.29) is 17.9 Å². The summed E-state index contributed by atoms with van der Waals surface area (Å²) in [5.41, 5.74) is 1.17. The Morgan fingerprint density at radius 2 is 2.10 bits per heavy atom. The van der Waals surface area contributed by atoms with Crippen LogP contribution < -0.4 is 10.6 Å². The number of rotatable bonds is 4. The molecule has 4 heteroatoms. The number of benzene rings is 1. The minimum atomic E-state index is 0.124. The highest BCUT2D eigenvalue weighted by molar-refractivity contribution is 6.30. The summed E-state index contributed by atoms with van der Waals surface area (Å²) in [5.74, 6) is 1.57. The van der Waals surface area contributed by atoms with Crippen LogP contribution in [0.3, 0.4) is 0 Å². The lowest BCUT2D eigenvalue weighted by Crippen LogP contribution is -2.36. The molecule has 1 aliphatic heterocycles. The van der Waals surface area contributed by atoms with Gasteiger partial charge < -0.3 is 10.6 Å². The molecule has 20 heavy (non-hydrogen) atoms. The van der Waals surface area contributed by atoms with Gasteiger partial charge in [-0.05, 0) is 48.9 Å². The number of carbonyl (C=O) groups is 1. The van der Waals surface area contributed by atoms with Gasteiger partial charge in [0.2, 0.25) is 5.91 Å². The summed E-state index contributed by atoms with van der Waals surface area (Å²) in [4.78, 5) is 12.4. The van der Waals surface area contributed by atoms with E-state index in [4.69, 9.17) is 11.6 Å². The smallest absolute Gasteiger partial charge is 0.224 e. The van der Waals surface area contributed by atoms with E-state index in [1.807, 2.05) is 24.3 Å². The highest BCUT2D eigenvalue weighted by atomic mass is 35.5. The molecule has 2 fully saturated rings. The SMILES string of the molecule is C[C@@H]1C[C@@H]1[C@@H](NC(=O)[C@H]1CCNC1)c1ccc(Cl)cc1. The van der Waals surface area contributed by atoms with Crippen molar-refractivity contribution < 1.29 is 4.79 Å². The van der Waals surface area contributed by atoms with Crippen molar-refractivity contribution in [1.82, 2.24) is 10.6 Å². The van der Waals surface area contributed by atoms with Gasteiger partial charge in [-0.3, -0.25) is 4.79 Å². The monoisotopic (exact) mass is 292 g/mol. The summed E-state index contributed by atoms with van der Waals surface area (Å²) in [6.45, 7) is 4.00. The quantitative estimate of drug-likeness (QED) is 0.896. The van der Waals surface area contributed by atoms with E-state index in [9.17, 15) is 4.79 Å². The zero-order chi connectivity index (χ0) is 14.1. The van der Waals surface area contributed by atoms with Crippen LogP contribution in [0.1, 0.15) is 31.4 Å². The molecular formula is C16H21ClN2O. The Kier molecular flexibility index (Phi) is 3.99. The maximum Gasteiger partial charge on any atom is 0.224 e. The lowest BCUT2D eigenvalue weighted by molar-refractivity contribution is -0.125. The van der Waals surface area contributed by atoms with E-state index in [1.165, 1.54) is 12.0 Å². The first-order chi connectivity index (χ1) is 9.65. The fraction of sp³-hybridized carbons (Fsp3) is 0.562. The van der Waals surface area contributed by atoms with Crippen molar-refractivity contribution in [3.63, 3.8) is 0 Å². The predicted octanol–water partition coefficient (Wildman–Crippen LogP) is 2.76. The van der Waals surface area contributed by atoms with Crippen molar-refractivity contribution in [1.29, 1.82) is 0 Å². The van der Waals surface area contributed by atoms with Gasteiger partial charge in [-0.1, -0.05) is 30.7 Å². The largest absolute Gasteiger partial charge is 0.349 e. The Bertz CT molecular complexity index is 482. The number of carbonyl (C=O) groups excluding carboxylic acids is 1. The van der Waals surface area contributed by atoms with Crippen molar-refractivity contribution in [2.24, 2.45) is 17.8 Å². The van der Waals surface area contributed by atoms with Gasteiger partial charge >= 0.3 is 0 Å². The van der Waals surface area contributed by atoms with Crippen LogP contribution in [0.4, 0.5) is 0 Å². The second-order valence-electron chi connectivity index (χ2n) is 6.10. The summed E-state index contributed by atoms with van der Waals surface area (Å²) in [6, 6.07) is 8.01. The minimum absolute atomic E-state index is 0.124. The zero-order valence-corrected chi connectivity index (χ0v) is 12.5. The molecule has 1 heterocycles. The van der Waals surface area contributed by atoms with E-state index in [0.29, 0.717) is 11.8 Å². The normalized spacial score (nSPS) is 30.0. The fourth-order valence-electron chi connectivity index (χ4n) is 3.07. The average Bonchev–Trinajstić information content (AvgIpc) is 2.94. The van der Waals surface area contributed by atoms with Gasteiger partial charge in [0, 0.05) is 11.6 Å². The molecule has 4 atom stereocenters. The maximum absolute atomic E-state index is 12.4. The predicted molar refractivity (Wildman–Crippen MR) is 80.6 cm³/mol. The Hall–Kier alpha value is -1.06. The summed E-state index contributed by atoms with van der Waals surface area (Å²) in [5, 5.41) is 7.25. The summed E-state index contributed by atoms with van der Waals surface area (Å²) >= 11 is 5.95. The molecule has 1 saturated carbocycles. The first kappa shape index (κ1) is 13.9. The van der Waals surface area contributed by atoms with Crippen LogP contribution in [0.5, 0.6) is 0 Å². The average molecular weight is 293 g/mol. The minimum Gasteiger partial charge on any atom is -0.349 e. The molecule has 0 unspecified atom stereocenters. The van der Waals surface area contributed by atoms with Gasteiger partial charge in [0.1, 0.15) is 0 Å². The number of hydrogen-bond donors (Lipinski definition) is 2. The fourth-order valence-corrected chi connectivity index (χ4v) is 3.20. The molecule has 0 spiro atoms. The topological polar surface area (TPSA) is 41.1 Å².